The highest BCUT2D eigenvalue weighted by molar-refractivity contribution is 5.92. The smallest absolute Gasteiger partial charge is 0.272 e. The quantitative estimate of drug-likeness (QED) is 0.729. The first kappa shape index (κ1) is 15.6. The van der Waals surface area contributed by atoms with E-state index in [4.69, 9.17) is 4.52 Å². The molecule has 0 bridgehead atoms. The Morgan fingerprint density at radius 2 is 2.12 bits per heavy atom. The Bertz CT molecular complexity index is 870. The van der Waals surface area contributed by atoms with E-state index in [1.54, 1.807) is 24.0 Å². The van der Waals surface area contributed by atoms with E-state index >= 15 is 0 Å². The van der Waals surface area contributed by atoms with Crippen molar-refractivity contribution in [3.05, 3.63) is 54.1 Å². The van der Waals surface area contributed by atoms with Crippen LogP contribution in [0.15, 0.2) is 47.1 Å². The molecule has 1 aromatic carbocycles. The van der Waals surface area contributed by atoms with Gasteiger partial charge in [0.2, 0.25) is 0 Å². The lowest BCUT2D eigenvalue weighted by atomic mass is 10.1. The summed E-state index contributed by atoms with van der Waals surface area (Å²) in [6.45, 7) is 1.46. The number of hydrogen-bond acceptors (Lipinski definition) is 5. The maximum Gasteiger partial charge on any atom is 0.272 e. The molecule has 4 rings (SSSR count). The Labute approximate surface area is 145 Å². The summed E-state index contributed by atoms with van der Waals surface area (Å²) in [6, 6.07) is 11.5. The Balaban J connectivity index is 1.39. The van der Waals surface area contributed by atoms with E-state index in [1.807, 2.05) is 35.2 Å². The predicted molar refractivity (Wildman–Crippen MR) is 90.7 cm³/mol. The van der Waals surface area contributed by atoms with E-state index in [2.05, 4.69) is 15.2 Å². The van der Waals surface area contributed by atoms with Gasteiger partial charge >= 0.3 is 0 Å². The van der Waals surface area contributed by atoms with E-state index in [9.17, 15) is 4.79 Å². The van der Waals surface area contributed by atoms with Crippen LogP contribution in [0, 0.1) is 5.92 Å². The fourth-order valence-corrected chi connectivity index (χ4v) is 3.22. The summed E-state index contributed by atoms with van der Waals surface area (Å²) >= 11 is 0. The fourth-order valence-electron chi connectivity index (χ4n) is 3.22. The van der Waals surface area contributed by atoms with E-state index in [-0.39, 0.29) is 5.91 Å². The molecular formula is C18H19N5O2. The summed E-state index contributed by atoms with van der Waals surface area (Å²) in [4.78, 5) is 18.9. The highest BCUT2D eigenvalue weighted by Gasteiger charge is 2.29. The van der Waals surface area contributed by atoms with Crippen LogP contribution in [-0.4, -0.2) is 43.8 Å². The Morgan fingerprint density at radius 3 is 2.88 bits per heavy atom. The van der Waals surface area contributed by atoms with Gasteiger partial charge in [-0.2, -0.15) is 10.1 Å². The summed E-state index contributed by atoms with van der Waals surface area (Å²) in [5.74, 6) is 1.61. The zero-order valence-corrected chi connectivity index (χ0v) is 14.0. The minimum Gasteiger partial charge on any atom is -0.337 e. The van der Waals surface area contributed by atoms with Crippen LogP contribution in [-0.2, 0) is 13.5 Å². The molecule has 7 nitrogen and oxygen atoms in total. The zero-order valence-electron chi connectivity index (χ0n) is 14.0. The molecule has 0 saturated carbocycles. The van der Waals surface area contributed by atoms with Gasteiger partial charge in [0, 0.05) is 38.3 Å². The zero-order chi connectivity index (χ0) is 17.2. The van der Waals surface area contributed by atoms with Gasteiger partial charge in [0.1, 0.15) is 5.69 Å². The first-order valence-corrected chi connectivity index (χ1v) is 8.36. The Morgan fingerprint density at radius 1 is 1.28 bits per heavy atom. The minimum absolute atomic E-state index is 0.0283. The number of nitrogens with zero attached hydrogens (tertiary/aromatic N) is 5. The number of rotatable bonds is 4. The molecule has 2 aromatic heterocycles. The van der Waals surface area contributed by atoms with Crippen molar-refractivity contribution < 1.29 is 9.32 Å². The second kappa shape index (κ2) is 6.51. The number of likely N-dealkylation sites (tertiary alicyclic amines) is 1. The number of amides is 1. The van der Waals surface area contributed by atoms with Crippen LogP contribution in [0.4, 0.5) is 0 Å². The molecule has 0 spiro atoms. The second-order valence-electron chi connectivity index (χ2n) is 6.33. The van der Waals surface area contributed by atoms with Crippen LogP contribution in [0.25, 0.3) is 11.5 Å². The lowest BCUT2D eigenvalue weighted by Crippen LogP contribution is -2.30. The highest BCUT2D eigenvalue weighted by Crippen LogP contribution is 2.23. The van der Waals surface area contributed by atoms with Gasteiger partial charge in [-0.1, -0.05) is 23.4 Å². The third-order valence-corrected chi connectivity index (χ3v) is 4.57. The number of aromatic nitrogens is 4. The number of carbonyl (C=O) groups is 1. The van der Waals surface area contributed by atoms with E-state index in [0.717, 1.165) is 18.5 Å². The molecule has 1 amide bonds. The first-order valence-electron chi connectivity index (χ1n) is 8.36. The molecule has 0 aliphatic carbocycles. The first-order chi connectivity index (χ1) is 12.2. The number of benzene rings is 1. The average molecular weight is 337 g/mol. The van der Waals surface area contributed by atoms with Crippen LogP contribution in [0.1, 0.15) is 22.7 Å². The molecule has 1 unspecified atom stereocenters. The van der Waals surface area contributed by atoms with Crippen LogP contribution < -0.4 is 0 Å². The SMILES string of the molecule is Cn1nccc1C(=O)N1CCC(Cc2noc(-c3ccccc3)n2)C1. The van der Waals surface area contributed by atoms with Gasteiger partial charge in [-0.15, -0.1) is 0 Å². The third-order valence-electron chi connectivity index (χ3n) is 4.57. The highest BCUT2D eigenvalue weighted by atomic mass is 16.5. The molecule has 25 heavy (non-hydrogen) atoms. The molecule has 1 fully saturated rings. The molecule has 3 aromatic rings. The van der Waals surface area contributed by atoms with Gasteiger partial charge in [-0.25, -0.2) is 0 Å². The van der Waals surface area contributed by atoms with Gasteiger partial charge < -0.3 is 9.42 Å². The van der Waals surface area contributed by atoms with Crippen molar-refractivity contribution in [2.75, 3.05) is 13.1 Å². The molecule has 1 aliphatic rings. The van der Waals surface area contributed by atoms with Crippen LogP contribution in [0.3, 0.4) is 0 Å². The molecule has 7 heteroatoms. The molecule has 1 saturated heterocycles. The van der Waals surface area contributed by atoms with E-state index < -0.39 is 0 Å². The summed E-state index contributed by atoms with van der Waals surface area (Å²) in [7, 11) is 1.78. The molecule has 0 N–H and O–H groups in total. The van der Waals surface area contributed by atoms with Crippen molar-refractivity contribution in [3.8, 4) is 11.5 Å². The second-order valence-corrected chi connectivity index (χ2v) is 6.33. The van der Waals surface area contributed by atoms with Crippen LogP contribution >= 0.6 is 0 Å². The molecular weight excluding hydrogens is 318 g/mol. The van der Waals surface area contributed by atoms with Gasteiger partial charge in [0.15, 0.2) is 5.82 Å². The predicted octanol–water partition coefficient (Wildman–Crippen LogP) is 2.17. The summed E-state index contributed by atoms with van der Waals surface area (Å²) in [5, 5.41) is 8.15. The van der Waals surface area contributed by atoms with E-state index in [0.29, 0.717) is 36.3 Å². The van der Waals surface area contributed by atoms with Gasteiger partial charge in [0.05, 0.1) is 0 Å². The maximum absolute atomic E-state index is 12.5. The topological polar surface area (TPSA) is 77.0 Å². The molecule has 1 atom stereocenters. The molecule has 128 valence electrons. The monoisotopic (exact) mass is 337 g/mol. The molecule has 3 heterocycles. The standard InChI is InChI=1S/C18H19N5O2/c1-22-15(7-9-19-22)18(24)23-10-8-13(12-23)11-16-20-17(25-21-16)14-5-3-2-4-6-14/h2-7,9,13H,8,10-12H2,1H3. The summed E-state index contributed by atoms with van der Waals surface area (Å²) in [5.41, 5.74) is 1.53. The van der Waals surface area contributed by atoms with Crippen molar-refractivity contribution in [1.29, 1.82) is 0 Å². The molecule has 0 radical (unpaired) electrons. The van der Waals surface area contributed by atoms with Crippen molar-refractivity contribution in [1.82, 2.24) is 24.8 Å². The van der Waals surface area contributed by atoms with Crippen molar-refractivity contribution >= 4 is 5.91 Å². The fraction of sp³-hybridized carbons (Fsp3) is 0.333. The lowest BCUT2D eigenvalue weighted by molar-refractivity contribution is 0.0776. The normalized spacial score (nSPS) is 17.2. The number of carbonyl (C=O) groups excluding carboxylic acids is 1. The van der Waals surface area contributed by atoms with Crippen molar-refractivity contribution in [3.63, 3.8) is 0 Å². The van der Waals surface area contributed by atoms with Crippen LogP contribution in [0.5, 0.6) is 0 Å². The lowest BCUT2D eigenvalue weighted by Gasteiger charge is -2.16. The summed E-state index contributed by atoms with van der Waals surface area (Å²) in [6.07, 6.45) is 3.30. The average Bonchev–Trinajstić information content (AvgIpc) is 3.37. The Hall–Kier alpha value is -2.96. The number of aryl methyl sites for hydroxylation is 1. The van der Waals surface area contributed by atoms with Gasteiger partial charge in [-0.3, -0.25) is 9.48 Å². The number of hydrogen-bond donors (Lipinski definition) is 0. The largest absolute Gasteiger partial charge is 0.337 e. The van der Waals surface area contributed by atoms with Gasteiger partial charge in [0.25, 0.3) is 11.8 Å². The van der Waals surface area contributed by atoms with Crippen molar-refractivity contribution in [2.45, 2.75) is 12.8 Å². The van der Waals surface area contributed by atoms with Crippen molar-refractivity contribution in [2.24, 2.45) is 13.0 Å². The Kier molecular flexibility index (Phi) is 4.05. The summed E-state index contributed by atoms with van der Waals surface area (Å²) < 4.78 is 6.97. The minimum atomic E-state index is 0.0283. The van der Waals surface area contributed by atoms with E-state index in [1.165, 1.54) is 0 Å². The van der Waals surface area contributed by atoms with Crippen LogP contribution in [0.2, 0.25) is 0 Å². The van der Waals surface area contributed by atoms with Gasteiger partial charge in [-0.05, 0) is 30.5 Å². The maximum atomic E-state index is 12.5. The molecule has 1 aliphatic heterocycles. The third kappa shape index (κ3) is 3.17.